The number of carbonyl (C=O) groups is 1. The molecule has 3 aromatic rings. The maximum absolute atomic E-state index is 12.4. The second-order valence-corrected chi connectivity index (χ2v) is 7.15. The molecule has 0 radical (unpaired) electrons. The third-order valence-electron chi connectivity index (χ3n) is 4.26. The number of aromatic amines is 1. The fourth-order valence-corrected chi connectivity index (χ4v) is 3.33. The molecule has 0 atom stereocenters. The zero-order valence-electron chi connectivity index (χ0n) is 15.6. The molecule has 0 aliphatic carbocycles. The van der Waals surface area contributed by atoms with E-state index in [0.29, 0.717) is 16.7 Å². The number of Topliss-reactive ketones (excluding diaryl/α,β-unsaturated/α-hetero) is 1. The van der Waals surface area contributed by atoms with Gasteiger partial charge in [-0.15, -0.1) is 5.10 Å². The van der Waals surface area contributed by atoms with Gasteiger partial charge in [-0.2, -0.15) is 0 Å². The zero-order chi connectivity index (χ0) is 19.1. The number of thioether (sulfide) groups is 1. The Morgan fingerprint density at radius 2 is 1.85 bits per heavy atom. The van der Waals surface area contributed by atoms with E-state index >= 15 is 0 Å². The normalized spacial score (nSPS) is 10.7. The Morgan fingerprint density at radius 1 is 1.11 bits per heavy atom. The van der Waals surface area contributed by atoms with Crippen LogP contribution in [-0.4, -0.2) is 33.8 Å². The van der Waals surface area contributed by atoms with Gasteiger partial charge in [-0.25, -0.2) is 4.98 Å². The summed E-state index contributed by atoms with van der Waals surface area (Å²) in [7, 11) is 1.63. The van der Waals surface area contributed by atoms with Crippen molar-refractivity contribution >= 4 is 17.5 Å². The van der Waals surface area contributed by atoms with Crippen molar-refractivity contribution in [3.05, 3.63) is 59.7 Å². The smallest absolute Gasteiger partial charge is 0.209 e. The highest BCUT2D eigenvalue weighted by molar-refractivity contribution is 7.99. The zero-order valence-corrected chi connectivity index (χ0v) is 16.4. The monoisotopic (exact) mass is 381 g/mol. The van der Waals surface area contributed by atoms with Crippen LogP contribution < -0.4 is 4.74 Å². The first-order valence-corrected chi connectivity index (χ1v) is 10.00. The Hall–Kier alpha value is -2.60. The summed E-state index contributed by atoms with van der Waals surface area (Å²) in [6.45, 7) is 2.18. The molecule has 0 saturated heterocycles. The largest absolute Gasteiger partial charge is 0.497 e. The Bertz CT molecular complexity index is 873. The molecule has 0 spiro atoms. The third kappa shape index (κ3) is 5.20. The third-order valence-corrected chi connectivity index (χ3v) is 5.10. The van der Waals surface area contributed by atoms with Crippen molar-refractivity contribution in [3.63, 3.8) is 0 Å². The van der Waals surface area contributed by atoms with Crippen LogP contribution in [0.15, 0.2) is 53.7 Å². The number of carbonyl (C=O) groups excluding carboxylic acids is 1. The van der Waals surface area contributed by atoms with Crippen molar-refractivity contribution in [2.24, 2.45) is 0 Å². The highest BCUT2D eigenvalue weighted by atomic mass is 32.2. The van der Waals surface area contributed by atoms with Gasteiger partial charge < -0.3 is 4.74 Å². The lowest BCUT2D eigenvalue weighted by Crippen LogP contribution is -2.02. The van der Waals surface area contributed by atoms with Crippen LogP contribution in [0, 0.1) is 0 Å². The second-order valence-electron chi connectivity index (χ2n) is 6.21. The van der Waals surface area contributed by atoms with Crippen molar-refractivity contribution in [1.29, 1.82) is 0 Å². The number of unbranched alkanes of at least 4 members (excludes halogenated alkanes) is 1. The fourth-order valence-electron chi connectivity index (χ4n) is 2.64. The first-order chi connectivity index (χ1) is 13.2. The molecule has 0 fully saturated rings. The van der Waals surface area contributed by atoms with E-state index in [1.54, 1.807) is 7.11 Å². The number of benzene rings is 2. The van der Waals surface area contributed by atoms with Gasteiger partial charge >= 0.3 is 0 Å². The van der Waals surface area contributed by atoms with Crippen LogP contribution in [0.3, 0.4) is 0 Å². The van der Waals surface area contributed by atoms with Crippen LogP contribution in [0.4, 0.5) is 0 Å². The molecule has 0 unspecified atom stereocenters. The molecular weight excluding hydrogens is 358 g/mol. The fraction of sp³-hybridized carbons (Fsp3) is 0.286. The molecule has 0 amide bonds. The topological polar surface area (TPSA) is 67.9 Å². The summed E-state index contributed by atoms with van der Waals surface area (Å²) in [6, 6.07) is 15.5. The Morgan fingerprint density at radius 3 is 2.52 bits per heavy atom. The standard InChI is InChI=1S/C21H23N3O2S/c1-3-4-5-15-6-8-16(9-7-15)19(25)14-27-21-22-20(23-24-21)17-10-12-18(26-2)13-11-17/h6-13H,3-5,14H2,1-2H3,(H,22,23,24). The first kappa shape index (κ1) is 19.2. The van der Waals surface area contributed by atoms with Gasteiger partial charge in [-0.05, 0) is 42.7 Å². The quantitative estimate of drug-likeness (QED) is 0.426. The van der Waals surface area contributed by atoms with Gasteiger partial charge in [0.2, 0.25) is 5.16 Å². The molecule has 140 valence electrons. The van der Waals surface area contributed by atoms with E-state index in [-0.39, 0.29) is 5.78 Å². The molecule has 3 rings (SSSR count). The van der Waals surface area contributed by atoms with Gasteiger partial charge in [0, 0.05) is 11.1 Å². The Kier molecular flexibility index (Phi) is 6.65. The van der Waals surface area contributed by atoms with E-state index < -0.39 is 0 Å². The summed E-state index contributed by atoms with van der Waals surface area (Å²) in [5.74, 6) is 1.86. The van der Waals surface area contributed by atoms with Crippen molar-refractivity contribution in [3.8, 4) is 17.1 Å². The van der Waals surface area contributed by atoms with E-state index in [0.717, 1.165) is 23.3 Å². The van der Waals surface area contributed by atoms with Crippen molar-refractivity contribution in [2.75, 3.05) is 12.9 Å². The lowest BCUT2D eigenvalue weighted by Gasteiger charge is -2.02. The molecule has 1 heterocycles. The molecule has 0 saturated carbocycles. The summed E-state index contributed by atoms with van der Waals surface area (Å²) >= 11 is 1.34. The average Bonchev–Trinajstić information content (AvgIpc) is 3.20. The average molecular weight is 382 g/mol. The molecule has 1 N–H and O–H groups in total. The summed E-state index contributed by atoms with van der Waals surface area (Å²) in [5, 5.41) is 7.67. The van der Waals surface area contributed by atoms with E-state index in [4.69, 9.17) is 4.74 Å². The van der Waals surface area contributed by atoms with Gasteiger partial charge in [0.15, 0.2) is 11.6 Å². The van der Waals surface area contributed by atoms with Gasteiger partial charge in [-0.3, -0.25) is 9.89 Å². The molecule has 6 heteroatoms. The summed E-state index contributed by atoms with van der Waals surface area (Å²) < 4.78 is 5.16. The van der Waals surface area contributed by atoms with Crippen LogP contribution in [0.25, 0.3) is 11.4 Å². The number of methoxy groups -OCH3 is 1. The summed E-state index contributed by atoms with van der Waals surface area (Å²) in [5.41, 5.74) is 2.93. The number of nitrogens with zero attached hydrogens (tertiary/aromatic N) is 2. The lowest BCUT2D eigenvalue weighted by molar-refractivity contribution is 0.102. The number of ether oxygens (including phenoxy) is 1. The molecule has 2 aromatic carbocycles. The first-order valence-electron chi connectivity index (χ1n) is 9.01. The number of hydrogen-bond acceptors (Lipinski definition) is 5. The van der Waals surface area contributed by atoms with E-state index in [2.05, 4.69) is 22.1 Å². The van der Waals surface area contributed by atoms with Crippen molar-refractivity contribution < 1.29 is 9.53 Å². The van der Waals surface area contributed by atoms with Crippen LogP contribution in [-0.2, 0) is 6.42 Å². The van der Waals surface area contributed by atoms with Crippen LogP contribution in [0.1, 0.15) is 35.7 Å². The van der Waals surface area contributed by atoms with Crippen LogP contribution in [0.2, 0.25) is 0 Å². The number of rotatable bonds is 9. The number of hydrogen-bond donors (Lipinski definition) is 1. The molecular formula is C21H23N3O2S. The number of nitrogens with one attached hydrogen (secondary N) is 1. The number of aromatic nitrogens is 3. The molecule has 0 aliphatic heterocycles. The van der Waals surface area contributed by atoms with Gasteiger partial charge in [0.25, 0.3) is 0 Å². The molecule has 0 bridgehead atoms. The minimum Gasteiger partial charge on any atom is -0.497 e. The lowest BCUT2D eigenvalue weighted by atomic mass is 10.1. The van der Waals surface area contributed by atoms with E-state index in [9.17, 15) is 4.79 Å². The molecule has 1 aromatic heterocycles. The second kappa shape index (κ2) is 9.37. The minimum absolute atomic E-state index is 0.0813. The maximum atomic E-state index is 12.4. The molecule has 0 aliphatic rings. The molecule has 27 heavy (non-hydrogen) atoms. The predicted molar refractivity (Wildman–Crippen MR) is 108 cm³/mol. The van der Waals surface area contributed by atoms with Gasteiger partial charge in [0.1, 0.15) is 5.75 Å². The number of ketones is 1. The van der Waals surface area contributed by atoms with E-state index in [1.165, 1.54) is 30.2 Å². The highest BCUT2D eigenvalue weighted by Crippen LogP contribution is 2.22. The Balaban J connectivity index is 1.56. The van der Waals surface area contributed by atoms with Crippen LogP contribution >= 0.6 is 11.8 Å². The highest BCUT2D eigenvalue weighted by Gasteiger charge is 2.11. The predicted octanol–water partition coefficient (Wildman–Crippen LogP) is 4.80. The number of H-pyrrole nitrogens is 1. The van der Waals surface area contributed by atoms with Crippen molar-refractivity contribution in [2.45, 2.75) is 31.3 Å². The molecule has 5 nitrogen and oxygen atoms in total. The minimum atomic E-state index is 0.0813. The SMILES string of the molecule is CCCCc1ccc(C(=O)CSc2n[nH]c(-c3ccc(OC)cc3)n2)cc1. The van der Waals surface area contributed by atoms with E-state index in [1.807, 2.05) is 48.5 Å². The Labute approximate surface area is 163 Å². The summed E-state index contributed by atoms with van der Waals surface area (Å²) in [6.07, 6.45) is 3.40. The van der Waals surface area contributed by atoms with Gasteiger partial charge in [-0.1, -0.05) is 49.4 Å². The van der Waals surface area contributed by atoms with Crippen molar-refractivity contribution in [1.82, 2.24) is 15.2 Å². The maximum Gasteiger partial charge on any atom is 0.209 e. The summed E-state index contributed by atoms with van der Waals surface area (Å²) in [4.78, 5) is 16.8. The van der Waals surface area contributed by atoms with Gasteiger partial charge in [0.05, 0.1) is 12.9 Å². The number of aryl methyl sites for hydroxylation is 1. The van der Waals surface area contributed by atoms with Crippen LogP contribution in [0.5, 0.6) is 5.75 Å².